The Balaban J connectivity index is 0.00000208. The Kier molecular flexibility index (Phi) is 15.9. The van der Waals surface area contributed by atoms with E-state index in [2.05, 4.69) is 6.58 Å². The molecule has 0 radical (unpaired) electrons. The van der Waals surface area contributed by atoms with Crippen molar-refractivity contribution in [3.63, 3.8) is 0 Å². The number of hydrogen-bond donors (Lipinski definition) is 2. The Bertz CT molecular complexity index is 1280. The molecule has 0 aliphatic carbocycles. The molecule has 0 aromatic heterocycles. The van der Waals surface area contributed by atoms with Gasteiger partial charge in [-0.15, -0.1) is 0 Å². The van der Waals surface area contributed by atoms with E-state index < -0.39 is 43.8 Å². The largest absolute Gasteiger partial charge is 2.00 e. The van der Waals surface area contributed by atoms with E-state index in [1.807, 2.05) is 0 Å². The number of phenolic OH excluding ortho intramolecular Hbond substituents is 1. The van der Waals surface area contributed by atoms with Gasteiger partial charge >= 0.3 is 43.7 Å². The number of aliphatic carboxylic acids is 1. The molecule has 38 heavy (non-hydrogen) atoms. The van der Waals surface area contributed by atoms with Gasteiger partial charge in [-0.3, -0.25) is 0 Å². The Morgan fingerprint density at radius 2 is 1.63 bits per heavy atom. The van der Waals surface area contributed by atoms with E-state index in [1.165, 1.54) is 26.4 Å². The first kappa shape index (κ1) is 35.9. The maximum absolute atomic E-state index is 11.4. The van der Waals surface area contributed by atoms with Crippen molar-refractivity contribution in [3.05, 3.63) is 60.2 Å². The van der Waals surface area contributed by atoms with Crippen LogP contribution < -0.4 is 14.2 Å². The fraction of sp³-hybridized carbons (Fsp3) is 0.348. The Morgan fingerprint density at radius 1 is 1.03 bits per heavy atom. The number of carboxylic acids is 1. The number of rotatable bonds is 13. The molecule has 0 bridgehead atoms. The topological polar surface area (TPSA) is 200 Å². The second-order valence-corrected chi connectivity index (χ2v) is 10.5. The first-order valence-corrected chi connectivity index (χ1v) is 13.8. The average molecular weight is 601 g/mol. The second kappa shape index (κ2) is 16.8. The Hall–Kier alpha value is -2.07. The van der Waals surface area contributed by atoms with Gasteiger partial charge in [0.15, 0.2) is 23.0 Å². The summed E-state index contributed by atoms with van der Waals surface area (Å²) in [6.07, 6.45) is 0.0209. The van der Waals surface area contributed by atoms with Gasteiger partial charge in [0.2, 0.25) is 0 Å². The molecule has 1 unspecified atom stereocenters. The van der Waals surface area contributed by atoms with Gasteiger partial charge in [-0.25, -0.2) is 21.6 Å². The third-order valence-electron chi connectivity index (χ3n) is 4.70. The monoisotopic (exact) mass is 600 g/mol. The van der Waals surface area contributed by atoms with Crippen LogP contribution in [-0.2, 0) is 37.9 Å². The van der Waals surface area contributed by atoms with E-state index in [1.54, 1.807) is 24.3 Å². The zero-order valence-corrected chi connectivity index (χ0v) is 24.7. The summed E-state index contributed by atoms with van der Waals surface area (Å²) in [5.74, 6) is -1.95. The maximum atomic E-state index is 11.4. The van der Waals surface area contributed by atoms with Crippen LogP contribution in [0.15, 0.2) is 49.1 Å². The van der Waals surface area contributed by atoms with Gasteiger partial charge < -0.3 is 33.5 Å². The fourth-order valence-corrected chi connectivity index (χ4v) is 4.24. The third kappa shape index (κ3) is 14.2. The SMILES string of the molecule is C=CC(=O)O.COc1cc(CCCS(=O)(=O)[O-])ccc1OC(Cc1cccc(OC)c1O)CS(=O)(=O)[O-].[Ca+2]. The number of methoxy groups -OCH3 is 2. The molecule has 2 N–H and O–H groups in total. The van der Waals surface area contributed by atoms with Crippen molar-refractivity contribution < 1.29 is 55.2 Å². The minimum Gasteiger partial charge on any atom is -0.748 e. The zero-order chi connectivity index (χ0) is 28.2. The molecule has 2 aromatic carbocycles. The number of carboxylic acid groups (broad SMARTS) is 1. The van der Waals surface area contributed by atoms with Gasteiger partial charge in [-0.05, 0) is 36.6 Å². The van der Waals surface area contributed by atoms with E-state index in [9.17, 15) is 35.8 Å². The van der Waals surface area contributed by atoms with Crippen molar-refractivity contribution in [1.82, 2.24) is 0 Å². The molecule has 12 nitrogen and oxygen atoms in total. The first-order valence-electron chi connectivity index (χ1n) is 10.6. The molecule has 0 aliphatic rings. The second-order valence-electron chi connectivity index (χ2n) is 7.53. The summed E-state index contributed by atoms with van der Waals surface area (Å²) in [6, 6.07) is 9.36. The van der Waals surface area contributed by atoms with Crippen molar-refractivity contribution in [2.24, 2.45) is 0 Å². The normalized spacial score (nSPS) is 11.7. The maximum Gasteiger partial charge on any atom is 2.00 e. The van der Waals surface area contributed by atoms with E-state index in [0.717, 1.165) is 6.08 Å². The summed E-state index contributed by atoms with van der Waals surface area (Å²) < 4.78 is 82.5. The van der Waals surface area contributed by atoms with Crippen LogP contribution in [0, 0.1) is 0 Å². The number of aromatic hydroxyl groups is 1. The molecule has 1 atom stereocenters. The van der Waals surface area contributed by atoms with Crippen LogP contribution in [0.1, 0.15) is 17.5 Å². The van der Waals surface area contributed by atoms with Crippen LogP contribution in [-0.4, -0.2) is 112 Å². The summed E-state index contributed by atoms with van der Waals surface area (Å²) in [5, 5.41) is 17.9. The zero-order valence-electron chi connectivity index (χ0n) is 20.9. The molecule has 15 heteroatoms. The van der Waals surface area contributed by atoms with Gasteiger partial charge in [0.25, 0.3) is 0 Å². The van der Waals surface area contributed by atoms with Crippen LogP contribution >= 0.6 is 0 Å². The van der Waals surface area contributed by atoms with Crippen molar-refractivity contribution in [2.75, 3.05) is 25.7 Å². The molecule has 2 aromatic rings. The summed E-state index contributed by atoms with van der Waals surface area (Å²) >= 11 is 0. The smallest absolute Gasteiger partial charge is 0.748 e. The number of carbonyl (C=O) groups is 1. The van der Waals surface area contributed by atoms with Crippen molar-refractivity contribution in [2.45, 2.75) is 25.4 Å². The van der Waals surface area contributed by atoms with Crippen LogP contribution in [0.4, 0.5) is 0 Å². The third-order valence-corrected chi connectivity index (χ3v) is 6.26. The van der Waals surface area contributed by atoms with Crippen LogP contribution in [0.5, 0.6) is 23.0 Å². The summed E-state index contributed by atoms with van der Waals surface area (Å²) in [4.78, 5) is 9.25. The minimum atomic E-state index is -4.66. The molecule has 0 aliphatic heterocycles. The predicted octanol–water partition coefficient (Wildman–Crippen LogP) is 1.30. The molecule has 0 heterocycles. The fourth-order valence-electron chi connectivity index (χ4n) is 3.10. The summed E-state index contributed by atoms with van der Waals surface area (Å²) in [6.45, 7) is 2.96. The molecule has 2 rings (SSSR count). The van der Waals surface area contributed by atoms with Gasteiger partial charge in [0, 0.05) is 23.8 Å². The minimum absolute atomic E-state index is 0. The van der Waals surface area contributed by atoms with Crippen LogP contribution in [0.3, 0.4) is 0 Å². The molecular formula is C23H28CaO12S2. The number of aryl methyl sites for hydroxylation is 1. The average Bonchev–Trinajstić information content (AvgIpc) is 2.79. The molecule has 0 fully saturated rings. The number of hydrogen-bond acceptors (Lipinski definition) is 11. The quantitative estimate of drug-likeness (QED) is 0.190. The standard InChI is InChI=1S/C20H26O10S2.C3H4O2.Ca/c1-28-18-7-3-6-15(20(18)21)12-16(13-32(25,26)27)30-17-9-8-14(11-19(17)29-2)5-4-10-31(22,23)24;1-2-3(4)5;/h3,6-9,11,16,21H,4-5,10,12-13H2,1-2H3,(H,22,23,24)(H,25,26,27);2H,1H2,(H,4,5);/q;;+2/p-2. The molecule has 0 saturated heterocycles. The van der Waals surface area contributed by atoms with E-state index in [-0.39, 0.29) is 73.6 Å². The van der Waals surface area contributed by atoms with Crippen molar-refractivity contribution in [1.29, 1.82) is 0 Å². The van der Waals surface area contributed by atoms with Gasteiger partial charge in [-0.1, -0.05) is 24.8 Å². The van der Waals surface area contributed by atoms with E-state index in [0.29, 0.717) is 17.5 Å². The van der Waals surface area contributed by atoms with Crippen molar-refractivity contribution in [3.8, 4) is 23.0 Å². The van der Waals surface area contributed by atoms with Crippen LogP contribution in [0.2, 0.25) is 0 Å². The predicted molar refractivity (Wildman–Crippen MR) is 137 cm³/mol. The number of ether oxygens (including phenoxy) is 3. The molecular weight excluding hydrogens is 572 g/mol. The summed E-state index contributed by atoms with van der Waals surface area (Å²) in [5.41, 5.74) is 1.00. The van der Waals surface area contributed by atoms with Gasteiger partial charge in [-0.2, -0.15) is 0 Å². The molecule has 0 amide bonds. The number of phenols is 1. The number of benzene rings is 2. The molecule has 206 valence electrons. The van der Waals surface area contributed by atoms with E-state index >= 15 is 0 Å². The number of para-hydroxylation sites is 1. The first-order chi connectivity index (χ1) is 17.2. The van der Waals surface area contributed by atoms with Crippen LogP contribution in [0.25, 0.3) is 0 Å². The Morgan fingerprint density at radius 3 is 2.13 bits per heavy atom. The van der Waals surface area contributed by atoms with Gasteiger partial charge in [0.05, 0.1) is 40.2 Å². The molecule has 0 spiro atoms. The Labute approximate surface area is 251 Å². The summed E-state index contributed by atoms with van der Waals surface area (Å²) in [7, 11) is -6.24. The van der Waals surface area contributed by atoms with E-state index in [4.69, 9.17) is 19.3 Å². The molecule has 0 saturated carbocycles. The van der Waals surface area contributed by atoms with Gasteiger partial charge in [0.1, 0.15) is 6.10 Å². The van der Waals surface area contributed by atoms with Crippen molar-refractivity contribution >= 4 is 63.9 Å².